The van der Waals surface area contributed by atoms with Crippen molar-refractivity contribution in [3.8, 4) is 5.75 Å². The molecule has 0 spiro atoms. The Morgan fingerprint density at radius 2 is 2.05 bits per heavy atom. The molecule has 1 aromatic carbocycles. The van der Waals surface area contributed by atoms with Gasteiger partial charge in [-0.25, -0.2) is 0 Å². The quantitative estimate of drug-likeness (QED) is 0.459. The van der Waals surface area contributed by atoms with Gasteiger partial charge in [0, 0.05) is 6.42 Å². The topological polar surface area (TPSA) is 46.5 Å². The fraction of sp³-hybridized carbons (Fsp3) is 0.438. The highest BCUT2D eigenvalue weighted by molar-refractivity contribution is 5.73. The van der Waals surface area contributed by atoms with Crippen LogP contribution in [0.2, 0.25) is 0 Å². The van der Waals surface area contributed by atoms with Gasteiger partial charge < -0.3 is 9.84 Å². The Morgan fingerprint density at radius 3 is 2.63 bits per heavy atom. The third-order valence-electron chi connectivity index (χ3n) is 2.89. The van der Waals surface area contributed by atoms with E-state index in [-0.39, 0.29) is 24.6 Å². The van der Waals surface area contributed by atoms with E-state index >= 15 is 0 Å². The summed E-state index contributed by atoms with van der Waals surface area (Å²) in [6.45, 7) is 7.53. The van der Waals surface area contributed by atoms with E-state index in [9.17, 15) is 4.79 Å². The second-order valence-corrected chi connectivity index (χ2v) is 4.59. The molecule has 1 N–H and O–H groups in total. The number of carbonyl (C=O) groups excluding carboxylic acids is 1. The SMILES string of the molecule is C=C(O)CCC(=O)Oc1ccc(CCC)cc1CC. The first-order chi connectivity index (χ1) is 9.06. The number of ether oxygens (including phenoxy) is 1. The number of hydrogen-bond donors (Lipinski definition) is 1. The molecule has 0 radical (unpaired) electrons. The third-order valence-corrected chi connectivity index (χ3v) is 2.89. The molecule has 3 nitrogen and oxygen atoms in total. The predicted octanol–water partition coefficient (Wildman–Crippen LogP) is 3.96. The zero-order valence-corrected chi connectivity index (χ0v) is 11.7. The van der Waals surface area contributed by atoms with E-state index in [1.165, 1.54) is 5.56 Å². The molecule has 0 heterocycles. The summed E-state index contributed by atoms with van der Waals surface area (Å²) in [5.41, 5.74) is 2.31. The monoisotopic (exact) mass is 262 g/mol. The van der Waals surface area contributed by atoms with E-state index < -0.39 is 0 Å². The molecular weight excluding hydrogens is 240 g/mol. The Hall–Kier alpha value is -1.77. The summed E-state index contributed by atoms with van der Waals surface area (Å²) < 4.78 is 5.33. The van der Waals surface area contributed by atoms with Crippen molar-refractivity contribution >= 4 is 5.97 Å². The van der Waals surface area contributed by atoms with Gasteiger partial charge in [-0.1, -0.05) is 39.0 Å². The van der Waals surface area contributed by atoms with Crippen molar-refractivity contribution in [1.82, 2.24) is 0 Å². The maximum absolute atomic E-state index is 11.6. The van der Waals surface area contributed by atoms with Crippen LogP contribution in [0.1, 0.15) is 44.2 Å². The van der Waals surface area contributed by atoms with Gasteiger partial charge >= 0.3 is 5.97 Å². The Kier molecular flexibility index (Phi) is 6.13. The summed E-state index contributed by atoms with van der Waals surface area (Å²) in [4.78, 5) is 11.6. The molecule has 3 heteroatoms. The van der Waals surface area contributed by atoms with Crippen LogP contribution in [0.5, 0.6) is 5.75 Å². The Labute approximate surface area is 114 Å². The van der Waals surface area contributed by atoms with E-state index in [1.807, 2.05) is 19.1 Å². The first kappa shape index (κ1) is 15.3. The normalized spacial score (nSPS) is 10.2. The lowest BCUT2D eigenvalue weighted by atomic mass is 10.0. The molecule has 0 bridgehead atoms. The highest BCUT2D eigenvalue weighted by Gasteiger charge is 2.09. The van der Waals surface area contributed by atoms with Gasteiger partial charge in [-0.3, -0.25) is 4.79 Å². The number of esters is 1. The van der Waals surface area contributed by atoms with E-state index in [4.69, 9.17) is 9.84 Å². The van der Waals surface area contributed by atoms with Gasteiger partial charge in [0.05, 0.1) is 12.2 Å². The minimum absolute atomic E-state index is 0.00552. The standard InChI is InChI=1S/C16H22O3/c1-4-6-13-8-9-15(14(5-2)11-13)19-16(18)10-7-12(3)17/h8-9,11,17H,3-7,10H2,1-2H3. The largest absolute Gasteiger partial charge is 0.513 e. The van der Waals surface area contributed by atoms with Gasteiger partial charge in [0.2, 0.25) is 0 Å². The molecule has 0 amide bonds. The van der Waals surface area contributed by atoms with E-state index in [0.717, 1.165) is 24.8 Å². The van der Waals surface area contributed by atoms with E-state index in [2.05, 4.69) is 19.6 Å². The zero-order chi connectivity index (χ0) is 14.3. The number of benzene rings is 1. The van der Waals surface area contributed by atoms with Crippen molar-refractivity contribution < 1.29 is 14.6 Å². The number of allylic oxidation sites excluding steroid dienone is 1. The second kappa shape index (κ2) is 7.62. The molecule has 19 heavy (non-hydrogen) atoms. The van der Waals surface area contributed by atoms with Crippen molar-refractivity contribution in [1.29, 1.82) is 0 Å². The van der Waals surface area contributed by atoms with Gasteiger partial charge in [0.15, 0.2) is 0 Å². The molecule has 0 atom stereocenters. The molecular formula is C16H22O3. The maximum atomic E-state index is 11.6. The van der Waals surface area contributed by atoms with Crippen LogP contribution in [0.25, 0.3) is 0 Å². The van der Waals surface area contributed by atoms with Crippen LogP contribution in [0.15, 0.2) is 30.5 Å². The first-order valence-electron chi connectivity index (χ1n) is 6.76. The summed E-state index contributed by atoms with van der Waals surface area (Å²) in [5.74, 6) is 0.287. The van der Waals surface area contributed by atoms with Gasteiger partial charge in [-0.15, -0.1) is 0 Å². The lowest BCUT2D eigenvalue weighted by molar-refractivity contribution is -0.134. The molecule has 104 valence electrons. The van der Waals surface area contributed by atoms with Crippen LogP contribution in [0, 0.1) is 0 Å². The highest BCUT2D eigenvalue weighted by atomic mass is 16.5. The minimum atomic E-state index is -0.340. The molecule has 0 aliphatic carbocycles. The van der Waals surface area contributed by atoms with Gasteiger partial charge in [0.1, 0.15) is 5.75 Å². The fourth-order valence-electron chi connectivity index (χ4n) is 1.87. The van der Waals surface area contributed by atoms with Crippen molar-refractivity contribution in [2.75, 3.05) is 0 Å². The number of hydrogen-bond acceptors (Lipinski definition) is 3. The average molecular weight is 262 g/mol. The Morgan fingerprint density at radius 1 is 1.32 bits per heavy atom. The van der Waals surface area contributed by atoms with Crippen LogP contribution in [-0.4, -0.2) is 11.1 Å². The number of aliphatic hydroxyl groups is 1. The molecule has 0 aliphatic rings. The van der Waals surface area contributed by atoms with Crippen LogP contribution in [0.4, 0.5) is 0 Å². The van der Waals surface area contributed by atoms with Crippen LogP contribution >= 0.6 is 0 Å². The smallest absolute Gasteiger partial charge is 0.311 e. The van der Waals surface area contributed by atoms with Gasteiger partial charge in [-0.2, -0.15) is 0 Å². The number of carbonyl (C=O) groups is 1. The predicted molar refractivity (Wildman–Crippen MR) is 76.5 cm³/mol. The number of aryl methyl sites for hydroxylation is 2. The van der Waals surface area contributed by atoms with Crippen LogP contribution in [0.3, 0.4) is 0 Å². The van der Waals surface area contributed by atoms with Gasteiger partial charge in [-0.05, 0) is 30.0 Å². The van der Waals surface area contributed by atoms with Crippen LogP contribution in [-0.2, 0) is 17.6 Å². The summed E-state index contributed by atoms with van der Waals surface area (Å²) in [7, 11) is 0. The van der Waals surface area contributed by atoms with Crippen molar-refractivity contribution in [2.45, 2.75) is 46.0 Å². The van der Waals surface area contributed by atoms with Crippen molar-refractivity contribution in [2.24, 2.45) is 0 Å². The van der Waals surface area contributed by atoms with Crippen molar-refractivity contribution in [3.63, 3.8) is 0 Å². The van der Waals surface area contributed by atoms with Crippen LogP contribution < -0.4 is 4.74 Å². The third kappa shape index (κ3) is 5.16. The number of aliphatic hydroxyl groups excluding tert-OH is 1. The zero-order valence-electron chi connectivity index (χ0n) is 11.7. The summed E-state index contributed by atoms with van der Waals surface area (Å²) in [6.07, 6.45) is 3.35. The van der Waals surface area contributed by atoms with Crippen molar-refractivity contribution in [3.05, 3.63) is 41.7 Å². The average Bonchev–Trinajstić information content (AvgIpc) is 2.38. The lowest BCUT2D eigenvalue weighted by Crippen LogP contribution is -2.09. The molecule has 0 fully saturated rings. The van der Waals surface area contributed by atoms with E-state index in [0.29, 0.717) is 5.75 Å². The molecule has 1 rings (SSSR count). The molecule has 0 aliphatic heterocycles. The summed E-state index contributed by atoms with van der Waals surface area (Å²) in [6, 6.07) is 5.95. The molecule has 0 aromatic heterocycles. The minimum Gasteiger partial charge on any atom is -0.513 e. The number of rotatable bonds is 7. The Balaban J connectivity index is 2.71. The molecule has 0 saturated carbocycles. The second-order valence-electron chi connectivity index (χ2n) is 4.59. The lowest BCUT2D eigenvalue weighted by Gasteiger charge is -2.10. The fourth-order valence-corrected chi connectivity index (χ4v) is 1.87. The Bertz CT molecular complexity index is 449. The van der Waals surface area contributed by atoms with E-state index in [1.54, 1.807) is 0 Å². The first-order valence-corrected chi connectivity index (χ1v) is 6.76. The molecule has 1 aromatic rings. The summed E-state index contributed by atoms with van der Waals surface area (Å²) in [5, 5.41) is 8.96. The van der Waals surface area contributed by atoms with Gasteiger partial charge in [0.25, 0.3) is 0 Å². The summed E-state index contributed by atoms with van der Waals surface area (Å²) >= 11 is 0. The maximum Gasteiger partial charge on any atom is 0.311 e. The molecule has 0 unspecified atom stereocenters. The highest BCUT2D eigenvalue weighted by Crippen LogP contribution is 2.22. The molecule has 0 saturated heterocycles.